The first-order valence-corrected chi connectivity index (χ1v) is 10.6. The SMILES string of the molecule is Cc1ccc(NC(=O)C(=O)NCC2(O)CCc3ccccc3C2)cc1N1CCCC1=O. The van der Waals surface area contributed by atoms with E-state index in [0.717, 1.165) is 29.7 Å². The van der Waals surface area contributed by atoms with Crippen LogP contribution in [0.15, 0.2) is 42.5 Å². The Morgan fingerprint density at radius 3 is 2.61 bits per heavy atom. The summed E-state index contributed by atoms with van der Waals surface area (Å²) in [5, 5.41) is 16.0. The van der Waals surface area contributed by atoms with Crippen molar-refractivity contribution in [2.75, 3.05) is 23.3 Å². The molecule has 1 atom stereocenters. The maximum absolute atomic E-state index is 12.4. The van der Waals surface area contributed by atoms with Crippen LogP contribution in [0.3, 0.4) is 0 Å². The number of nitrogens with one attached hydrogen (secondary N) is 2. The number of rotatable bonds is 4. The zero-order valence-electron chi connectivity index (χ0n) is 17.6. The van der Waals surface area contributed by atoms with Gasteiger partial charge in [-0.3, -0.25) is 14.4 Å². The fourth-order valence-corrected chi connectivity index (χ4v) is 4.33. The molecule has 0 bridgehead atoms. The predicted octanol–water partition coefficient (Wildman–Crippen LogP) is 2.10. The minimum atomic E-state index is -1.07. The zero-order valence-corrected chi connectivity index (χ0v) is 17.6. The van der Waals surface area contributed by atoms with Gasteiger partial charge in [-0.2, -0.15) is 0 Å². The second-order valence-electron chi connectivity index (χ2n) is 8.46. The van der Waals surface area contributed by atoms with Gasteiger partial charge < -0.3 is 20.6 Å². The molecule has 0 spiro atoms. The summed E-state index contributed by atoms with van der Waals surface area (Å²) in [5.41, 5.74) is 3.33. The molecule has 0 saturated carbocycles. The number of hydrogen-bond donors (Lipinski definition) is 3. The largest absolute Gasteiger partial charge is 0.388 e. The van der Waals surface area contributed by atoms with Crippen molar-refractivity contribution in [2.24, 2.45) is 0 Å². The molecule has 0 aromatic heterocycles. The van der Waals surface area contributed by atoms with Crippen molar-refractivity contribution < 1.29 is 19.5 Å². The molecule has 3 N–H and O–H groups in total. The van der Waals surface area contributed by atoms with Crippen LogP contribution >= 0.6 is 0 Å². The normalized spacial score (nSPS) is 20.3. The Morgan fingerprint density at radius 2 is 1.87 bits per heavy atom. The van der Waals surface area contributed by atoms with Gasteiger partial charge in [0.05, 0.1) is 5.60 Å². The third-order valence-corrected chi connectivity index (χ3v) is 6.11. The van der Waals surface area contributed by atoms with Crippen LogP contribution in [0.4, 0.5) is 11.4 Å². The van der Waals surface area contributed by atoms with Crippen molar-refractivity contribution in [2.45, 2.75) is 44.6 Å². The molecule has 4 rings (SSSR count). The van der Waals surface area contributed by atoms with Crippen molar-refractivity contribution in [3.63, 3.8) is 0 Å². The Kier molecular flexibility index (Phi) is 5.78. The Morgan fingerprint density at radius 1 is 1.10 bits per heavy atom. The highest BCUT2D eigenvalue weighted by Gasteiger charge is 2.33. The zero-order chi connectivity index (χ0) is 22.0. The van der Waals surface area contributed by atoms with Gasteiger partial charge in [0.1, 0.15) is 0 Å². The molecule has 7 heteroatoms. The third-order valence-electron chi connectivity index (χ3n) is 6.11. The standard InChI is InChI=1S/C24H27N3O4/c1-16-8-9-19(13-20(16)27-12-4-7-21(27)28)26-23(30)22(29)25-15-24(31)11-10-17-5-2-3-6-18(17)14-24/h2-3,5-6,8-9,13,31H,4,7,10-12,14-15H2,1H3,(H,25,29)(H,26,30). The maximum atomic E-state index is 12.4. The van der Waals surface area contributed by atoms with Crippen molar-refractivity contribution in [3.05, 3.63) is 59.2 Å². The van der Waals surface area contributed by atoms with Crippen molar-refractivity contribution >= 4 is 29.1 Å². The lowest BCUT2D eigenvalue weighted by atomic mass is 9.80. The topological polar surface area (TPSA) is 98.7 Å². The molecule has 0 radical (unpaired) electrons. The maximum Gasteiger partial charge on any atom is 0.313 e. The van der Waals surface area contributed by atoms with Crippen molar-refractivity contribution in [3.8, 4) is 0 Å². The van der Waals surface area contributed by atoms with Crippen molar-refractivity contribution in [1.82, 2.24) is 5.32 Å². The number of fused-ring (bicyclic) bond motifs is 1. The van der Waals surface area contributed by atoms with Gasteiger partial charge in [0.25, 0.3) is 0 Å². The second kappa shape index (κ2) is 8.51. The fourth-order valence-electron chi connectivity index (χ4n) is 4.33. The quantitative estimate of drug-likeness (QED) is 0.659. The first kappa shape index (κ1) is 21.1. The molecule has 2 aliphatic rings. The predicted molar refractivity (Wildman–Crippen MR) is 118 cm³/mol. The summed E-state index contributed by atoms with van der Waals surface area (Å²) >= 11 is 0. The molecular weight excluding hydrogens is 394 g/mol. The smallest absolute Gasteiger partial charge is 0.313 e. The van der Waals surface area contributed by atoms with E-state index < -0.39 is 17.4 Å². The van der Waals surface area contributed by atoms with E-state index in [2.05, 4.69) is 10.6 Å². The van der Waals surface area contributed by atoms with E-state index in [1.54, 1.807) is 17.0 Å². The first-order valence-electron chi connectivity index (χ1n) is 10.6. The van der Waals surface area contributed by atoms with E-state index in [9.17, 15) is 19.5 Å². The molecule has 1 unspecified atom stereocenters. The molecule has 1 aliphatic carbocycles. The molecular formula is C24H27N3O4. The molecule has 1 fully saturated rings. The molecule has 2 aromatic rings. The van der Waals surface area contributed by atoms with Gasteiger partial charge in [-0.15, -0.1) is 0 Å². The van der Waals surface area contributed by atoms with E-state index >= 15 is 0 Å². The van der Waals surface area contributed by atoms with Crippen LogP contribution in [0.2, 0.25) is 0 Å². The van der Waals surface area contributed by atoms with Crippen LogP contribution in [0.1, 0.15) is 36.0 Å². The van der Waals surface area contributed by atoms with Crippen LogP contribution in [-0.4, -0.2) is 41.5 Å². The molecule has 31 heavy (non-hydrogen) atoms. The van der Waals surface area contributed by atoms with Crippen LogP contribution in [0.25, 0.3) is 0 Å². The average Bonchev–Trinajstić information content (AvgIpc) is 3.19. The number of aryl methyl sites for hydroxylation is 2. The summed E-state index contributed by atoms with van der Waals surface area (Å²) in [6, 6.07) is 13.2. The summed E-state index contributed by atoms with van der Waals surface area (Å²) in [6.45, 7) is 2.57. The van der Waals surface area contributed by atoms with Crippen molar-refractivity contribution in [1.29, 1.82) is 0 Å². The molecule has 7 nitrogen and oxygen atoms in total. The number of anilines is 2. The number of hydrogen-bond acceptors (Lipinski definition) is 4. The highest BCUT2D eigenvalue weighted by atomic mass is 16.3. The lowest BCUT2D eigenvalue weighted by Crippen LogP contribution is -2.49. The van der Waals surface area contributed by atoms with Gasteiger partial charge in [0.2, 0.25) is 5.91 Å². The summed E-state index contributed by atoms with van der Waals surface area (Å²) in [7, 11) is 0. The van der Waals surface area contributed by atoms with E-state index in [1.165, 1.54) is 5.56 Å². The number of nitrogens with zero attached hydrogens (tertiary/aromatic N) is 1. The summed E-state index contributed by atoms with van der Waals surface area (Å²) in [5.74, 6) is -1.54. The number of aliphatic hydroxyl groups is 1. The number of amides is 3. The average molecular weight is 421 g/mol. The van der Waals surface area contributed by atoms with Gasteiger partial charge in [-0.1, -0.05) is 30.3 Å². The summed E-state index contributed by atoms with van der Waals surface area (Å²) < 4.78 is 0. The Bertz CT molecular complexity index is 1040. The Balaban J connectivity index is 1.36. The van der Waals surface area contributed by atoms with Gasteiger partial charge >= 0.3 is 11.8 Å². The molecule has 2 aromatic carbocycles. The van der Waals surface area contributed by atoms with Crippen LogP contribution < -0.4 is 15.5 Å². The molecule has 1 aliphatic heterocycles. The second-order valence-corrected chi connectivity index (χ2v) is 8.46. The monoisotopic (exact) mass is 421 g/mol. The number of benzene rings is 2. The Hall–Kier alpha value is -3.19. The molecule has 3 amide bonds. The fraction of sp³-hybridized carbons (Fsp3) is 0.375. The summed E-state index contributed by atoms with van der Waals surface area (Å²) in [4.78, 5) is 38.5. The molecule has 162 valence electrons. The van der Waals surface area contributed by atoms with Crippen LogP contribution in [-0.2, 0) is 27.2 Å². The minimum Gasteiger partial charge on any atom is -0.388 e. The first-order chi connectivity index (χ1) is 14.8. The van der Waals surface area contributed by atoms with Gasteiger partial charge in [-0.05, 0) is 55.0 Å². The van der Waals surface area contributed by atoms with Gasteiger partial charge in [-0.25, -0.2) is 0 Å². The van der Waals surface area contributed by atoms with Gasteiger partial charge in [0.15, 0.2) is 0 Å². The Labute approximate surface area is 181 Å². The van der Waals surface area contributed by atoms with E-state index in [4.69, 9.17) is 0 Å². The third kappa shape index (κ3) is 4.61. The van der Waals surface area contributed by atoms with E-state index in [-0.39, 0.29) is 12.5 Å². The van der Waals surface area contributed by atoms with Gasteiger partial charge in [0, 0.05) is 37.3 Å². The molecule has 1 saturated heterocycles. The highest BCUT2D eigenvalue weighted by Crippen LogP contribution is 2.29. The highest BCUT2D eigenvalue weighted by molar-refractivity contribution is 6.39. The van der Waals surface area contributed by atoms with Crippen LogP contribution in [0, 0.1) is 6.92 Å². The van der Waals surface area contributed by atoms with E-state index in [1.807, 2.05) is 37.3 Å². The van der Waals surface area contributed by atoms with Crippen LogP contribution in [0.5, 0.6) is 0 Å². The molecule has 1 heterocycles. The number of carbonyl (C=O) groups excluding carboxylic acids is 3. The number of carbonyl (C=O) groups is 3. The lowest BCUT2D eigenvalue weighted by molar-refractivity contribution is -0.136. The minimum absolute atomic E-state index is 0.00894. The van der Waals surface area contributed by atoms with E-state index in [0.29, 0.717) is 31.5 Å². The lowest BCUT2D eigenvalue weighted by Gasteiger charge is -2.33. The summed E-state index contributed by atoms with van der Waals surface area (Å²) in [6.07, 6.45) is 3.03.